The molecule has 0 aromatic rings. The van der Waals surface area contributed by atoms with E-state index in [0.29, 0.717) is 0 Å². The zero-order chi connectivity index (χ0) is 11.5. The first kappa shape index (κ1) is 12.7. The van der Waals surface area contributed by atoms with Crippen molar-refractivity contribution in [1.82, 2.24) is 0 Å². The van der Waals surface area contributed by atoms with E-state index < -0.39 is 21.2 Å². The van der Waals surface area contributed by atoms with E-state index in [4.69, 9.17) is 0 Å². The highest BCUT2D eigenvalue weighted by Crippen LogP contribution is 2.23. The van der Waals surface area contributed by atoms with Crippen molar-refractivity contribution in [3.8, 4) is 0 Å². The minimum atomic E-state index is -3.15. The van der Waals surface area contributed by atoms with Gasteiger partial charge in [-0.15, -0.1) is 0 Å². The molecule has 1 rings (SSSR count). The summed E-state index contributed by atoms with van der Waals surface area (Å²) in [6.07, 6.45) is 7.53. The van der Waals surface area contributed by atoms with Gasteiger partial charge < -0.3 is 5.11 Å². The summed E-state index contributed by atoms with van der Waals surface area (Å²) in [5, 5.41) is 9.26. The van der Waals surface area contributed by atoms with Gasteiger partial charge in [0.25, 0.3) is 0 Å². The molecule has 2 atom stereocenters. The minimum absolute atomic E-state index is 0.693. The summed E-state index contributed by atoms with van der Waals surface area (Å²) in [4.78, 5) is 0. The molecule has 2 unspecified atom stereocenters. The van der Waals surface area contributed by atoms with Gasteiger partial charge in [0.15, 0.2) is 9.84 Å². The Morgan fingerprint density at radius 2 is 2.00 bits per heavy atom. The molecule has 1 aliphatic carbocycles. The number of hydrogen-bond acceptors (Lipinski definition) is 3. The second-order valence-electron chi connectivity index (χ2n) is 4.36. The molecule has 1 N–H and O–H groups in total. The monoisotopic (exact) mass is 232 g/mol. The van der Waals surface area contributed by atoms with E-state index in [0.717, 1.165) is 31.3 Å². The number of allylic oxidation sites excluding steroid dienone is 1. The van der Waals surface area contributed by atoms with Crippen molar-refractivity contribution in [2.45, 2.75) is 50.4 Å². The van der Waals surface area contributed by atoms with E-state index >= 15 is 0 Å². The van der Waals surface area contributed by atoms with Crippen molar-refractivity contribution < 1.29 is 13.5 Å². The lowest BCUT2D eigenvalue weighted by Crippen LogP contribution is -2.32. The average Bonchev–Trinajstić information content (AvgIpc) is 2.42. The fourth-order valence-corrected chi connectivity index (χ4v) is 2.49. The summed E-state index contributed by atoms with van der Waals surface area (Å²) < 4.78 is 22.6. The predicted molar refractivity (Wildman–Crippen MR) is 61.5 cm³/mol. The normalized spacial score (nSPS) is 22.7. The first-order valence-electron chi connectivity index (χ1n) is 5.49. The van der Waals surface area contributed by atoms with Crippen LogP contribution >= 0.6 is 0 Å². The SMILES string of the molecule is CC(C(O)C1=CCCCCC1)S(C)(=O)=O. The van der Waals surface area contributed by atoms with Gasteiger partial charge >= 0.3 is 0 Å². The molecule has 3 nitrogen and oxygen atoms in total. The number of aliphatic hydroxyl groups is 1. The molecule has 0 fully saturated rings. The number of sulfone groups is 1. The van der Waals surface area contributed by atoms with Crippen LogP contribution in [0.1, 0.15) is 39.0 Å². The zero-order valence-electron chi connectivity index (χ0n) is 9.44. The molecule has 15 heavy (non-hydrogen) atoms. The van der Waals surface area contributed by atoms with Crippen LogP contribution in [0, 0.1) is 0 Å². The molecule has 4 heteroatoms. The van der Waals surface area contributed by atoms with Gasteiger partial charge in [-0.1, -0.05) is 12.5 Å². The number of aliphatic hydroxyl groups excluding tert-OH is 1. The molecule has 0 saturated heterocycles. The highest BCUT2D eigenvalue weighted by Gasteiger charge is 2.26. The van der Waals surface area contributed by atoms with E-state index in [1.165, 1.54) is 12.7 Å². The lowest BCUT2D eigenvalue weighted by molar-refractivity contribution is 0.204. The molecule has 0 aliphatic heterocycles. The van der Waals surface area contributed by atoms with E-state index in [-0.39, 0.29) is 0 Å². The van der Waals surface area contributed by atoms with E-state index in [1.54, 1.807) is 6.92 Å². The fourth-order valence-electron chi connectivity index (χ4n) is 1.84. The molecular formula is C11H20O3S. The highest BCUT2D eigenvalue weighted by atomic mass is 32.2. The summed E-state index contributed by atoms with van der Waals surface area (Å²) in [5.41, 5.74) is 0.908. The third-order valence-electron chi connectivity index (χ3n) is 3.08. The fraction of sp³-hybridized carbons (Fsp3) is 0.818. The maximum absolute atomic E-state index is 11.3. The van der Waals surface area contributed by atoms with Crippen LogP contribution in [-0.2, 0) is 9.84 Å². The third-order valence-corrected chi connectivity index (χ3v) is 4.68. The van der Waals surface area contributed by atoms with Crippen molar-refractivity contribution >= 4 is 9.84 Å². The van der Waals surface area contributed by atoms with Gasteiger partial charge in [0.2, 0.25) is 0 Å². The van der Waals surface area contributed by atoms with Crippen molar-refractivity contribution in [3.05, 3.63) is 11.6 Å². The van der Waals surface area contributed by atoms with Crippen molar-refractivity contribution in [3.63, 3.8) is 0 Å². The van der Waals surface area contributed by atoms with Crippen molar-refractivity contribution in [1.29, 1.82) is 0 Å². The first-order chi connectivity index (χ1) is 6.93. The van der Waals surface area contributed by atoms with E-state index in [9.17, 15) is 13.5 Å². The van der Waals surface area contributed by atoms with Gasteiger partial charge in [0.05, 0.1) is 11.4 Å². The Kier molecular flexibility index (Phi) is 4.34. The summed E-state index contributed by atoms with van der Waals surface area (Å²) in [5.74, 6) is 0. The molecule has 0 radical (unpaired) electrons. The second-order valence-corrected chi connectivity index (χ2v) is 6.76. The van der Waals surface area contributed by atoms with Crippen LogP contribution in [0.3, 0.4) is 0 Å². The Balaban J connectivity index is 2.74. The van der Waals surface area contributed by atoms with E-state index in [1.807, 2.05) is 6.08 Å². The summed E-state index contributed by atoms with van der Waals surface area (Å²) in [7, 11) is -3.15. The Morgan fingerprint density at radius 1 is 1.33 bits per heavy atom. The maximum Gasteiger partial charge on any atom is 0.152 e. The Morgan fingerprint density at radius 3 is 2.60 bits per heavy atom. The van der Waals surface area contributed by atoms with Crippen molar-refractivity contribution in [2.75, 3.05) is 6.26 Å². The molecule has 0 amide bonds. The van der Waals surface area contributed by atoms with Crippen LogP contribution < -0.4 is 0 Å². The quantitative estimate of drug-likeness (QED) is 0.753. The van der Waals surface area contributed by atoms with Crippen molar-refractivity contribution in [2.24, 2.45) is 0 Å². The number of hydrogen-bond donors (Lipinski definition) is 1. The summed E-state index contributed by atoms with van der Waals surface area (Å²) >= 11 is 0. The topological polar surface area (TPSA) is 54.4 Å². The minimum Gasteiger partial charge on any atom is -0.387 e. The molecule has 1 aliphatic rings. The van der Waals surface area contributed by atoms with Gasteiger partial charge in [0, 0.05) is 6.26 Å². The van der Waals surface area contributed by atoms with Crippen LogP contribution in [-0.4, -0.2) is 31.1 Å². The van der Waals surface area contributed by atoms with Gasteiger partial charge in [0.1, 0.15) is 0 Å². The second kappa shape index (κ2) is 5.12. The van der Waals surface area contributed by atoms with E-state index in [2.05, 4.69) is 0 Å². The lowest BCUT2D eigenvalue weighted by atomic mass is 10.0. The first-order valence-corrected chi connectivity index (χ1v) is 7.44. The molecule has 0 bridgehead atoms. The zero-order valence-corrected chi connectivity index (χ0v) is 10.3. The maximum atomic E-state index is 11.3. The lowest BCUT2D eigenvalue weighted by Gasteiger charge is -2.19. The molecule has 0 saturated carbocycles. The van der Waals surface area contributed by atoms with Gasteiger partial charge in [-0.2, -0.15) is 0 Å². The van der Waals surface area contributed by atoms with Crippen LogP contribution in [0.15, 0.2) is 11.6 Å². The standard InChI is InChI=1S/C11H20O3S/c1-9(15(2,13)14)11(12)10-7-5-3-4-6-8-10/h7,9,11-12H,3-6,8H2,1-2H3. The largest absolute Gasteiger partial charge is 0.387 e. The average molecular weight is 232 g/mol. The predicted octanol–water partition coefficient (Wildman–Crippen LogP) is 1.67. The highest BCUT2D eigenvalue weighted by molar-refractivity contribution is 7.91. The van der Waals surface area contributed by atoms with Crippen LogP contribution in [0.5, 0.6) is 0 Å². The molecular weight excluding hydrogens is 212 g/mol. The van der Waals surface area contributed by atoms with Gasteiger partial charge in [-0.3, -0.25) is 0 Å². The van der Waals surface area contributed by atoms with Gasteiger partial charge in [-0.05, 0) is 38.2 Å². The third kappa shape index (κ3) is 3.61. The van der Waals surface area contributed by atoms with Gasteiger partial charge in [-0.25, -0.2) is 8.42 Å². The smallest absolute Gasteiger partial charge is 0.152 e. The molecule has 0 aromatic heterocycles. The van der Waals surface area contributed by atoms with Crippen LogP contribution in [0.4, 0.5) is 0 Å². The summed E-state index contributed by atoms with van der Waals surface area (Å²) in [6, 6.07) is 0. The number of rotatable bonds is 3. The Labute approximate surface area is 92.1 Å². The summed E-state index contributed by atoms with van der Waals surface area (Å²) in [6.45, 7) is 1.58. The van der Waals surface area contributed by atoms with Crippen LogP contribution in [0.25, 0.3) is 0 Å². The Hall–Kier alpha value is -0.350. The Bertz CT molecular complexity index is 330. The molecule has 0 aromatic carbocycles. The molecule has 0 heterocycles. The van der Waals surface area contributed by atoms with Crippen LogP contribution in [0.2, 0.25) is 0 Å². The molecule has 88 valence electrons. The molecule has 0 spiro atoms.